The molecule has 3 heteroatoms. The van der Waals surface area contributed by atoms with Gasteiger partial charge in [0.05, 0.1) is 8.30 Å². The summed E-state index contributed by atoms with van der Waals surface area (Å²) in [6.45, 7) is -1.99. The summed E-state index contributed by atoms with van der Waals surface area (Å²) in [5.74, 6) is -0.618. The van der Waals surface area contributed by atoms with Crippen LogP contribution in [0.1, 0.15) is 18.7 Å². The maximum absolute atomic E-state index is 11.2. The van der Waals surface area contributed by atoms with Crippen LogP contribution in [0.3, 0.4) is 0 Å². The van der Waals surface area contributed by atoms with E-state index in [0.29, 0.717) is 4.47 Å². The first-order valence-corrected chi connectivity index (χ1v) is 3.84. The van der Waals surface area contributed by atoms with Crippen molar-refractivity contribution in [3.63, 3.8) is 0 Å². The molecule has 0 amide bonds. The number of benzene rings is 1. The quantitative estimate of drug-likeness (QED) is 0.619. The van der Waals surface area contributed by atoms with E-state index in [-0.39, 0.29) is 11.1 Å². The molecule has 56 valence electrons. The molecule has 0 bridgehead atoms. The summed E-state index contributed by atoms with van der Waals surface area (Å²) >= 11 is 3.17. The molecule has 1 aliphatic heterocycles. The Morgan fingerprint density at radius 3 is 3.18 bits per heavy atom. The van der Waals surface area contributed by atoms with Gasteiger partial charge in [0.2, 0.25) is 0 Å². The second-order valence-corrected chi connectivity index (χ2v) is 3.01. The van der Waals surface area contributed by atoms with E-state index in [1.54, 1.807) is 18.2 Å². The first-order chi connectivity index (χ1) is 6.02. The molecule has 0 saturated heterocycles. The van der Waals surface area contributed by atoms with Crippen molar-refractivity contribution in [2.45, 2.75) is 6.56 Å². The largest absolute Gasteiger partial charge is 0.457 e. The minimum Gasteiger partial charge on any atom is -0.457 e. The third kappa shape index (κ3) is 0.959. The van der Waals surface area contributed by atoms with Gasteiger partial charge in [0, 0.05) is 10.0 Å². The Labute approximate surface area is 75.1 Å². The molecule has 2 nitrogen and oxygen atoms in total. The molecule has 0 atom stereocenters. The monoisotopic (exact) mass is 214 g/mol. The molecule has 0 spiro atoms. The van der Waals surface area contributed by atoms with Crippen LogP contribution in [0.5, 0.6) is 0 Å². The Morgan fingerprint density at radius 2 is 2.45 bits per heavy atom. The second-order valence-electron chi connectivity index (χ2n) is 2.15. The standard InChI is InChI=1S/C8H5BrO2/c9-6-3-1-2-5-4-11-8(10)7(5)6/h1-3H,4H2/i4D2. The van der Waals surface area contributed by atoms with E-state index in [1.807, 2.05) is 0 Å². The smallest absolute Gasteiger partial charge is 0.340 e. The van der Waals surface area contributed by atoms with Gasteiger partial charge in [-0.05, 0) is 22.0 Å². The number of carbonyl (C=O) groups is 1. The average molecular weight is 215 g/mol. The minimum atomic E-state index is -1.99. The molecule has 0 radical (unpaired) electrons. The fourth-order valence-corrected chi connectivity index (χ4v) is 1.50. The number of esters is 1. The van der Waals surface area contributed by atoms with Gasteiger partial charge in [-0.25, -0.2) is 4.79 Å². The van der Waals surface area contributed by atoms with Crippen LogP contribution in [0.25, 0.3) is 0 Å². The second kappa shape index (κ2) is 2.34. The van der Waals surface area contributed by atoms with E-state index < -0.39 is 12.5 Å². The normalized spacial score (nSPS) is 21.7. The summed E-state index contributed by atoms with van der Waals surface area (Å²) < 4.78 is 19.9. The molecule has 1 aromatic carbocycles. The summed E-state index contributed by atoms with van der Waals surface area (Å²) in [5.41, 5.74) is 0.569. The van der Waals surface area contributed by atoms with Crippen molar-refractivity contribution in [1.29, 1.82) is 0 Å². The molecule has 0 saturated carbocycles. The van der Waals surface area contributed by atoms with Crippen LogP contribution in [-0.4, -0.2) is 5.97 Å². The van der Waals surface area contributed by atoms with Crippen molar-refractivity contribution in [2.24, 2.45) is 0 Å². The lowest BCUT2D eigenvalue weighted by molar-refractivity contribution is 0.0534. The molecular weight excluding hydrogens is 208 g/mol. The van der Waals surface area contributed by atoms with Gasteiger partial charge >= 0.3 is 5.97 Å². The van der Waals surface area contributed by atoms with E-state index >= 15 is 0 Å². The topological polar surface area (TPSA) is 26.3 Å². The first-order valence-electron chi connectivity index (χ1n) is 4.05. The lowest BCUT2D eigenvalue weighted by Crippen LogP contribution is -1.94. The third-order valence-electron chi connectivity index (χ3n) is 1.47. The number of carbonyl (C=O) groups excluding carboxylic acids is 1. The number of hydrogen-bond acceptors (Lipinski definition) is 2. The zero-order chi connectivity index (χ0) is 9.64. The Kier molecular flexibility index (Phi) is 1.05. The summed E-state index contributed by atoms with van der Waals surface area (Å²) in [5, 5.41) is 0. The Balaban J connectivity index is 2.72. The van der Waals surface area contributed by atoms with E-state index in [1.165, 1.54) is 0 Å². The number of fused-ring (bicyclic) bond motifs is 1. The average Bonchev–Trinajstić information content (AvgIpc) is 2.24. The summed E-state index contributed by atoms with van der Waals surface area (Å²) in [6, 6.07) is 4.90. The molecule has 0 aromatic heterocycles. The fraction of sp³-hybridized carbons (Fsp3) is 0.125. The summed E-state index contributed by atoms with van der Waals surface area (Å²) in [7, 11) is 0. The number of hydrogen-bond donors (Lipinski definition) is 0. The molecule has 0 fully saturated rings. The maximum atomic E-state index is 11.2. The van der Waals surface area contributed by atoms with Crippen LogP contribution in [0, 0.1) is 0 Å². The predicted octanol–water partition coefficient (Wildman–Crippen LogP) is 2.12. The van der Waals surface area contributed by atoms with Gasteiger partial charge in [-0.15, -0.1) is 0 Å². The maximum Gasteiger partial charge on any atom is 0.340 e. The van der Waals surface area contributed by atoms with E-state index in [2.05, 4.69) is 20.7 Å². The predicted molar refractivity (Wildman–Crippen MR) is 43.3 cm³/mol. The SMILES string of the molecule is [2H]C1([2H])OC(=O)c2c(Br)cccc21. The van der Waals surface area contributed by atoms with E-state index in [0.717, 1.165) is 0 Å². The van der Waals surface area contributed by atoms with Crippen molar-refractivity contribution in [3.05, 3.63) is 33.8 Å². The number of halogens is 1. The Bertz CT molecular complexity index is 390. The molecule has 1 aliphatic rings. The number of rotatable bonds is 0. The van der Waals surface area contributed by atoms with E-state index in [9.17, 15) is 4.79 Å². The molecule has 0 N–H and O–H groups in total. The highest BCUT2D eigenvalue weighted by Gasteiger charge is 2.22. The molecule has 1 heterocycles. The number of ether oxygens (including phenoxy) is 1. The van der Waals surface area contributed by atoms with Gasteiger partial charge in [0.15, 0.2) is 0 Å². The van der Waals surface area contributed by atoms with E-state index in [4.69, 9.17) is 2.74 Å². The van der Waals surface area contributed by atoms with Crippen LogP contribution in [-0.2, 0) is 11.3 Å². The number of cyclic esters (lactones) is 1. The highest BCUT2D eigenvalue weighted by Crippen LogP contribution is 2.26. The first kappa shape index (κ1) is 4.93. The molecule has 0 aliphatic carbocycles. The minimum absolute atomic E-state index is 0.284. The van der Waals surface area contributed by atoms with Crippen LogP contribution < -0.4 is 0 Å². The highest BCUT2D eigenvalue weighted by molar-refractivity contribution is 9.10. The van der Waals surface area contributed by atoms with Crippen LogP contribution >= 0.6 is 15.9 Å². The van der Waals surface area contributed by atoms with Gasteiger partial charge < -0.3 is 4.74 Å². The molecule has 11 heavy (non-hydrogen) atoms. The summed E-state index contributed by atoms with van der Waals surface area (Å²) in [6.07, 6.45) is 0. The van der Waals surface area contributed by atoms with Gasteiger partial charge in [0.25, 0.3) is 0 Å². The van der Waals surface area contributed by atoms with Crippen LogP contribution in [0.4, 0.5) is 0 Å². The molecule has 2 rings (SSSR count). The zero-order valence-corrected chi connectivity index (χ0v) is 7.01. The van der Waals surface area contributed by atoms with Crippen molar-refractivity contribution < 1.29 is 12.3 Å². The Morgan fingerprint density at radius 1 is 1.64 bits per heavy atom. The van der Waals surface area contributed by atoms with Gasteiger partial charge in [-0.3, -0.25) is 0 Å². The van der Waals surface area contributed by atoms with Gasteiger partial charge in [-0.1, -0.05) is 12.1 Å². The zero-order valence-electron chi connectivity index (χ0n) is 7.43. The third-order valence-corrected chi connectivity index (χ3v) is 2.13. The molecular formula is C8H5BrO2. The lowest BCUT2D eigenvalue weighted by Gasteiger charge is -1.94. The van der Waals surface area contributed by atoms with Crippen LogP contribution in [0.15, 0.2) is 22.7 Å². The lowest BCUT2D eigenvalue weighted by atomic mass is 10.1. The van der Waals surface area contributed by atoms with Crippen LogP contribution in [0.2, 0.25) is 0 Å². The van der Waals surface area contributed by atoms with Gasteiger partial charge in [-0.2, -0.15) is 0 Å². The molecule has 1 aromatic rings. The Hall–Kier alpha value is -0.830. The van der Waals surface area contributed by atoms with Gasteiger partial charge in [0.1, 0.15) is 6.56 Å². The highest BCUT2D eigenvalue weighted by atomic mass is 79.9. The summed E-state index contributed by atoms with van der Waals surface area (Å²) in [4.78, 5) is 11.2. The van der Waals surface area contributed by atoms with Crippen molar-refractivity contribution in [3.8, 4) is 0 Å². The fourth-order valence-electron chi connectivity index (χ4n) is 0.969. The molecule has 0 unspecified atom stereocenters. The van der Waals surface area contributed by atoms with Crippen molar-refractivity contribution in [2.75, 3.05) is 0 Å². The van der Waals surface area contributed by atoms with Crippen molar-refractivity contribution >= 4 is 21.9 Å². The van der Waals surface area contributed by atoms with Crippen molar-refractivity contribution in [1.82, 2.24) is 0 Å².